The maximum absolute atomic E-state index is 13.2. The minimum absolute atomic E-state index is 0.157. The number of thiocarbonyl (C=S) groups is 1. The lowest BCUT2D eigenvalue weighted by atomic mass is 9.94. The number of ether oxygens (including phenoxy) is 1. The molecule has 1 atom stereocenters. The summed E-state index contributed by atoms with van der Waals surface area (Å²) in [6, 6.07) is 4.43. The van der Waals surface area contributed by atoms with E-state index in [9.17, 15) is 4.39 Å². The second-order valence-electron chi connectivity index (χ2n) is 4.90. The monoisotopic (exact) mass is 268 g/mol. The Labute approximate surface area is 112 Å². The van der Waals surface area contributed by atoms with Crippen molar-refractivity contribution in [1.82, 2.24) is 0 Å². The Morgan fingerprint density at radius 3 is 2.94 bits per heavy atom. The highest BCUT2D eigenvalue weighted by Crippen LogP contribution is 2.26. The van der Waals surface area contributed by atoms with Crippen LogP contribution in [0.15, 0.2) is 18.2 Å². The van der Waals surface area contributed by atoms with Crippen molar-refractivity contribution in [2.45, 2.75) is 25.3 Å². The quantitative estimate of drug-likeness (QED) is 0.827. The molecule has 18 heavy (non-hydrogen) atoms. The molecule has 0 aliphatic carbocycles. The second kappa shape index (κ2) is 5.20. The van der Waals surface area contributed by atoms with E-state index in [0.717, 1.165) is 25.1 Å². The molecule has 1 heterocycles. The summed E-state index contributed by atoms with van der Waals surface area (Å²) in [4.78, 5) is 0.192. The van der Waals surface area contributed by atoms with Crippen LogP contribution in [0.4, 0.5) is 10.1 Å². The van der Waals surface area contributed by atoms with Crippen LogP contribution in [0.25, 0.3) is 0 Å². The zero-order valence-electron chi connectivity index (χ0n) is 10.3. The largest absolute Gasteiger partial charge is 0.389 e. The normalized spacial score (nSPS) is 23.7. The van der Waals surface area contributed by atoms with Gasteiger partial charge in [0.25, 0.3) is 0 Å². The number of benzene rings is 1. The van der Waals surface area contributed by atoms with Crippen LogP contribution >= 0.6 is 12.2 Å². The Morgan fingerprint density at radius 2 is 2.33 bits per heavy atom. The highest BCUT2D eigenvalue weighted by atomic mass is 32.1. The van der Waals surface area contributed by atoms with Crippen LogP contribution < -0.4 is 11.1 Å². The summed E-state index contributed by atoms with van der Waals surface area (Å²) in [5.41, 5.74) is 6.77. The average Bonchev–Trinajstić information content (AvgIpc) is 2.32. The van der Waals surface area contributed by atoms with E-state index in [1.54, 1.807) is 6.07 Å². The van der Waals surface area contributed by atoms with Crippen molar-refractivity contribution >= 4 is 22.9 Å². The van der Waals surface area contributed by atoms with Crippen molar-refractivity contribution in [2.24, 2.45) is 5.73 Å². The van der Waals surface area contributed by atoms with Crippen molar-refractivity contribution < 1.29 is 9.13 Å². The third-order valence-electron chi connectivity index (χ3n) is 3.12. The Morgan fingerprint density at radius 1 is 1.56 bits per heavy atom. The number of anilines is 1. The molecule has 0 spiro atoms. The Kier molecular flexibility index (Phi) is 3.82. The van der Waals surface area contributed by atoms with Gasteiger partial charge in [0.1, 0.15) is 10.8 Å². The third-order valence-corrected chi connectivity index (χ3v) is 3.34. The number of halogens is 1. The van der Waals surface area contributed by atoms with Crippen molar-refractivity contribution in [1.29, 1.82) is 0 Å². The van der Waals surface area contributed by atoms with E-state index in [0.29, 0.717) is 12.2 Å². The molecule has 98 valence electrons. The van der Waals surface area contributed by atoms with E-state index in [2.05, 4.69) is 12.2 Å². The Bertz CT molecular complexity index is 458. The fourth-order valence-corrected chi connectivity index (χ4v) is 2.36. The number of rotatable bonds is 3. The minimum atomic E-state index is -0.339. The van der Waals surface area contributed by atoms with Crippen molar-refractivity contribution in [3.63, 3.8) is 0 Å². The summed E-state index contributed by atoms with van der Waals surface area (Å²) in [5, 5.41) is 3.38. The Balaban J connectivity index is 2.25. The van der Waals surface area contributed by atoms with Gasteiger partial charge in [0.2, 0.25) is 0 Å². The molecule has 0 aromatic heterocycles. The molecule has 1 aromatic carbocycles. The number of nitrogens with one attached hydrogen (secondary N) is 1. The van der Waals surface area contributed by atoms with Crippen LogP contribution in [0.3, 0.4) is 0 Å². The first-order valence-electron chi connectivity index (χ1n) is 5.95. The Hall–Kier alpha value is -1.20. The topological polar surface area (TPSA) is 47.3 Å². The number of nitrogens with two attached hydrogens (primary N) is 1. The maximum Gasteiger partial charge on any atom is 0.124 e. The van der Waals surface area contributed by atoms with Gasteiger partial charge in [-0.25, -0.2) is 4.39 Å². The number of hydrogen-bond acceptors (Lipinski definition) is 3. The third kappa shape index (κ3) is 2.97. The standard InChI is InChI=1S/C13H17FN2OS/c1-13(5-2-6-17-8-13)16-11-4-3-9(14)7-10(11)12(15)18/h3-4,7,16H,2,5-6,8H2,1H3,(H2,15,18). The lowest BCUT2D eigenvalue weighted by Crippen LogP contribution is -2.43. The van der Waals surface area contributed by atoms with Gasteiger partial charge in [-0.1, -0.05) is 12.2 Å². The second-order valence-corrected chi connectivity index (χ2v) is 5.34. The summed E-state index contributed by atoms with van der Waals surface area (Å²) in [6.45, 7) is 3.50. The first kappa shape index (κ1) is 13.2. The lowest BCUT2D eigenvalue weighted by Gasteiger charge is -2.35. The molecular formula is C13H17FN2OS. The molecule has 5 heteroatoms. The van der Waals surface area contributed by atoms with Gasteiger partial charge in [-0.2, -0.15) is 0 Å². The first-order chi connectivity index (χ1) is 8.50. The molecule has 3 N–H and O–H groups in total. The van der Waals surface area contributed by atoms with Gasteiger partial charge in [-0.3, -0.25) is 0 Å². The maximum atomic E-state index is 13.2. The van der Waals surface area contributed by atoms with Gasteiger partial charge in [0, 0.05) is 17.9 Å². The van der Waals surface area contributed by atoms with E-state index in [4.69, 9.17) is 22.7 Å². The number of hydrogen-bond donors (Lipinski definition) is 2. The molecule has 0 amide bonds. The van der Waals surface area contributed by atoms with E-state index < -0.39 is 0 Å². The summed E-state index contributed by atoms with van der Waals surface area (Å²) in [6.07, 6.45) is 2.01. The van der Waals surface area contributed by atoms with Crippen molar-refractivity contribution in [3.8, 4) is 0 Å². The highest BCUT2D eigenvalue weighted by molar-refractivity contribution is 7.80. The molecule has 1 aliphatic heterocycles. The molecule has 0 bridgehead atoms. The molecule has 0 saturated carbocycles. The van der Waals surface area contributed by atoms with Gasteiger partial charge in [-0.15, -0.1) is 0 Å². The van der Waals surface area contributed by atoms with Gasteiger partial charge >= 0.3 is 0 Å². The van der Waals surface area contributed by atoms with Crippen LogP contribution in [0.5, 0.6) is 0 Å². The summed E-state index contributed by atoms with van der Waals surface area (Å²) in [5.74, 6) is -0.339. The molecule has 3 nitrogen and oxygen atoms in total. The molecule has 2 rings (SSSR count). The molecule has 0 radical (unpaired) electrons. The van der Waals surface area contributed by atoms with Gasteiger partial charge < -0.3 is 15.8 Å². The van der Waals surface area contributed by atoms with E-state index >= 15 is 0 Å². The average molecular weight is 268 g/mol. The van der Waals surface area contributed by atoms with E-state index in [1.807, 2.05) is 0 Å². The molecule has 1 fully saturated rings. The smallest absolute Gasteiger partial charge is 0.124 e. The molecule has 1 unspecified atom stereocenters. The van der Waals surface area contributed by atoms with Crippen LogP contribution in [-0.4, -0.2) is 23.7 Å². The van der Waals surface area contributed by atoms with Gasteiger partial charge in [0.05, 0.1) is 12.1 Å². The SMILES string of the molecule is CC1(Nc2ccc(F)cc2C(N)=S)CCCOC1. The predicted molar refractivity (Wildman–Crippen MR) is 74.4 cm³/mol. The lowest BCUT2D eigenvalue weighted by molar-refractivity contribution is 0.0540. The zero-order valence-corrected chi connectivity index (χ0v) is 11.1. The van der Waals surface area contributed by atoms with Gasteiger partial charge in [0.15, 0.2) is 0 Å². The van der Waals surface area contributed by atoms with Crippen LogP contribution in [0, 0.1) is 5.82 Å². The summed E-state index contributed by atoms with van der Waals surface area (Å²) in [7, 11) is 0. The first-order valence-corrected chi connectivity index (χ1v) is 6.36. The zero-order chi connectivity index (χ0) is 13.2. The van der Waals surface area contributed by atoms with Crippen molar-refractivity contribution in [2.75, 3.05) is 18.5 Å². The van der Waals surface area contributed by atoms with Crippen LogP contribution in [0.1, 0.15) is 25.3 Å². The van der Waals surface area contributed by atoms with Crippen molar-refractivity contribution in [3.05, 3.63) is 29.6 Å². The van der Waals surface area contributed by atoms with E-state index in [1.165, 1.54) is 12.1 Å². The molecule has 1 aromatic rings. The summed E-state index contributed by atoms with van der Waals surface area (Å²) >= 11 is 4.95. The molecule has 1 saturated heterocycles. The summed E-state index contributed by atoms with van der Waals surface area (Å²) < 4.78 is 18.7. The van der Waals surface area contributed by atoms with Crippen LogP contribution in [0.2, 0.25) is 0 Å². The molecular weight excluding hydrogens is 251 g/mol. The highest BCUT2D eigenvalue weighted by Gasteiger charge is 2.28. The molecule has 1 aliphatic rings. The fraction of sp³-hybridized carbons (Fsp3) is 0.462. The van der Waals surface area contributed by atoms with E-state index in [-0.39, 0.29) is 16.3 Å². The minimum Gasteiger partial charge on any atom is -0.389 e. The van der Waals surface area contributed by atoms with Gasteiger partial charge in [-0.05, 0) is 38.0 Å². The fourth-order valence-electron chi connectivity index (χ4n) is 2.19. The van der Waals surface area contributed by atoms with Crippen LogP contribution in [-0.2, 0) is 4.74 Å². The predicted octanol–water partition coefficient (Wildman–Crippen LogP) is 2.44.